The molecule has 2 heteroatoms. The first-order valence-electron chi connectivity index (χ1n) is 4.87. The van der Waals surface area contributed by atoms with Gasteiger partial charge in [-0.3, -0.25) is 0 Å². The van der Waals surface area contributed by atoms with Crippen LogP contribution in [0.25, 0.3) is 0 Å². The first-order chi connectivity index (χ1) is 5.40. The Kier molecular flexibility index (Phi) is 2.14. The van der Waals surface area contributed by atoms with Crippen LogP contribution in [0.4, 0.5) is 0 Å². The molecule has 2 aliphatic rings. The molecule has 2 heterocycles. The van der Waals surface area contributed by atoms with Crippen molar-refractivity contribution in [2.24, 2.45) is 5.92 Å². The van der Waals surface area contributed by atoms with E-state index in [2.05, 4.69) is 17.6 Å². The van der Waals surface area contributed by atoms with Gasteiger partial charge in [-0.1, -0.05) is 6.92 Å². The number of fused-ring (bicyclic) bond motifs is 2. The predicted molar refractivity (Wildman–Crippen MR) is 46.6 cm³/mol. The van der Waals surface area contributed by atoms with Gasteiger partial charge >= 0.3 is 0 Å². The van der Waals surface area contributed by atoms with Crippen molar-refractivity contribution in [1.82, 2.24) is 10.6 Å². The summed E-state index contributed by atoms with van der Waals surface area (Å²) in [6, 6.07) is 1.71. The molecule has 0 spiro atoms. The SMILES string of the molecule is CCNCC1CC2CCC1N2. The summed E-state index contributed by atoms with van der Waals surface area (Å²) in [5.41, 5.74) is 0. The molecule has 3 atom stereocenters. The van der Waals surface area contributed by atoms with Crippen LogP contribution in [0.15, 0.2) is 0 Å². The van der Waals surface area contributed by atoms with Crippen LogP contribution in [0.2, 0.25) is 0 Å². The van der Waals surface area contributed by atoms with Gasteiger partial charge in [0, 0.05) is 12.1 Å². The zero-order valence-electron chi connectivity index (χ0n) is 7.27. The lowest BCUT2D eigenvalue weighted by Gasteiger charge is -2.19. The largest absolute Gasteiger partial charge is 0.317 e. The average molecular weight is 154 g/mol. The fourth-order valence-corrected chi connectivity index (χ4v) is 2.49. The topological polar surface area (TPSA) is 24.1 Å². The number of rotatable bonds is 3. The summed E-state index contributed by atoms with van der Waals surface area (Å²) in [4.78, 5) is 0. The Bertz CT molecular complexity index is 136. The smallest absolute Gasteiger partial charge is 0.0111 e. The third-order valence-corrected chi connectivity index (χ3v) is 3.09. The van der Waals surface area contributed by atoms with Gasteiger partial charge in [-0.05, 0) is 38.3 Å². The molecule has 64 valence electrons. The third kappa shape index (κ3) is 1.42. The van der Waals surface area contributed by atoms with E-state index >= 15 is 0 Å². The van der Waals surface area contributed by atoms with Gasteiger partial charge in [0.2, 0.25) is 0 Å². The second-order valence-corrected chi connectivity index (χ2v) is 3.85. The van der Waals surface area contributed by atoms with Gasteiger partial charge in [0.25, 0.3) is 0 Å². The minimum atomic E-state index is 0.846. The molecule has 0 aromatic heterocycles. The quantitative estimate of drug-likeness (QED) is 0.626. The zero-order chi connectivity index (χ0) is 7.68. The standard InChI is InChI=1S/C9H18N2/c1-2-10-6-7-5-8-3-4-9(7)11-8/h7-11H,2-6H2,1H3. The van der Waals surface area contributed by atoms with Gasteiger partial charge in [0.05, 0.1) is 0 Å². The van der Waals surface area contributed by atoms with Gasteiger partial charge in [0.15, 0.2) is 0 Å². The molecule has 0 aromatic rings. The van der Waals surface area contributed by atoms with Crippen LogP contribution in [-0.4, -0.2) is 25.2 Å². The van der Waals surface area contributed by atoms with Crippen molar-refractivity contribution in [1.29, 1.82) is 0 Å². The highest BCUT2D eigenvalue weighted by molar-refractivity contribution is 4.97. The lowest BCUT2D eigenvalue weighted by atomic mass is 9.89. The predicted octanol–water partition coefficient (Wildman–Crippen LogP) is 0.736. The molecule has 2 N–H and O–H groups in total. The number of hydrogen-bond acceptors (Lipinski definition) is 2. The molecule has 2 rings (SSSR count). The van der Waals surface area contributed by atoms with Gasteiger partial charge in [-0.25, -0.2) is 0 Å². The van der Waals surface area contributed by atoms with E-state index in [1.807, 2.05) is 0 Å². The van der Waals surface area contributed by atoms with Gasteiger partial charge < -0.3 is 10.6 Å². The first-order valence-corrected chi connectivity index (χ1v) is 4.87. The molecule has 2 bridgehead atoms. The number of hydrogen-bond donors (Lipinski definition) is 2. The Labute approximate surface area is 68.7 Å². The fourth-order valence-electron chi connectivity index (χ4n) is 2.49. The highest BCUT2D eigenvalue weighted by atomic mass is 15.0. The Morgan fingerprint density at radius 3 is 2.91 bits per heavy atom. The van der Waals surface area contributed by atoms with Crippen LogP contribution in [0.3, 0.4) is 0 Å². The lowest BCUT2D eigenvalue weighted by Crippen LogP contribution is -2.31. The summed E-state index contributed by atoms with van der Waals surface area (Å²) in [7, 11) is 0. The Hall–Kier alpha value is -0.0800. The first kappa shape index (κ1) is 7.56. The van der Waals surface area contributed by atoms with Gasteiger partial charge in [-0.2, -0.15) is 0 Å². The van der Waals surface area contributed by atoms with E-state index in [1.165, 1.54) is 25.8 Å². The summed E-state index contributed by atoms with van der Waals surface area (Å²) < 4.78 is 0. The molecule has 0 saturated carbocycles. The van der Waals surface area contributed by atoms with Crippen LogP contribution in [0.5, 0.6) is 0 Å². The molecule has 11 heavy (non-hydrogen) atoms. The van der Waals surface area contributed by atoms with Crippen molar-refractivity contribution in [3.63, 3.8) is 0 Å². The van der Waals surface area contributed by atoms with E-state index in [4.69, 9.17) is 0 Å². The van der Waals surface area contributed by atoms with Crippen molar-refractivity contribution in [3.8, 4) is 0 Å². The number of nitrogens with one attached hydrogen (secondary N) is 2. The van der Waals surface area contributed by atoms with Crippen molar-refractivity contribution in [3.05, 3.63) is 0 Å². The summed E-state index contributed by atoms with van der Waals surface area (Å²) in [5.74, 6) is 0.925. The highest BCUT2D eigenvalue weighted by Crippen LogP contribution is 2.32. The van der Waals surface area contributed by atoms with Gasteiger partial charge in [0.1, 0.15) is 0 Å². The maximum atomic E-state index is 3.65. The fraction of sp³-hybridized carbons (Fsp3) is 1.00. The summed E-state index contributed by atoms with van der Waals surface area (Å²) in [6.45, 7) is 4.53. The van der Waals surface area contributed by atoms with E-state index in [0.717, 1.165) is 24.5 Å². The van der Waals surface area contributed by atoms with E-state index in [0.29, 0.717) is 0 Å². The molecule has 0 aromatic carbocycles. The summed E-state index contributed by atoms with van der Waals surface area (Å²) in [6.07, 6.45) is 4.26. The molecule has 2 aliphatic heterocycles. The molecular weight excluding hydrogens is 136 g/mol. The highest BCUT2D eigenvalue weighted by Gasteiger charge is 2.38. The van der Waals surface area contributed by atoms with E-state index < -0.39 is 0 Å². The van der Waals surface area contributed by atoms with Crippen molar-refractivity contribution in [2.45, 2.75) is 38.3 Å². The van der Waals surface area contributed by atoms with E-state index in [1.54, 1.807) is 0 Å². The molecule has 0 aliphatic carbocycles. The second-order valence-electron chi connectivity index (χ2n) is 3.85. The van der Waals surface area contributed by atoms with Crippen LogP contribution >= 0.6 is 0 Å². The van der Waals surface area contributed by atoms with E-state index in [-0.39, 0.29) is 0 Å². The third-order valence-electron chi connectivity index (χ3n) is 3.09. The molecule has 0 amide bonds. The van der Waals surface area contributed by atoms with Crippen LogP contribution in [0.1, 0.15) is 26.2 Å². The van der Waals surface area contributed by atoms with Crippen LogP contribution < -0.4 is 10.6 Å². The maximum absolute atomic E-state index is 3.65. The Balaban J connectivity index is 1.78. The lowest BCUT2D eigenvalue weighted by molar-refractivity contribution is 0.387. The molecule has 2 saturated heterocycles. The normalized spacial score (nSPS) is 41.7. The van der Waals surface area contributed by atoms with Crippen molar-refractivity contribution >= 4 is 0 Å². The van der Waals surface area contributed by atoms with Crippen molar-refractivity contribution < 1.29 is 0 Å². The second kappa shape index (κ2) is 3.11. The Morgan fingerprint density at radius 1 is 1.45 bits per heavy atom. The molecular formula is C9H18N2. The maximum Gasteiger partial charge on any atom is 0.0111 e. The molecule has 0 radical (unpaired) electrons. The zero-order valence-corrected chi connectivity index (χ0v) is 7.27. The summed E-state index contributed by atoms with van der Waals surface area (Å²) in [5, 5.41) is 7.08. The van der Waals surface area contributed by atoms with Crippen molar-refractivity contribution in [2.75, 3.05) is 13.1 Å². The average Bonchev–Trinajstić information content (AvgIpc) is 2.60. The van der Waals surface area contributed by atoms with Crippen LogP contribution in [-0.2, 0) is 0 Å². The van der Waals surface area contributed by atoms with Crippen LogP contribution in [0, 0.1) is 5.92 Å². The molecule has 3 unspecified atom stereocenters. The summed E-state index contributed by atoms with van der Waals surface area (Å²) >= 11 is 0. The minimum Gasteiger partial charge on any atom is -0.317 e. The molecule has 2 nitrogen and oxygen atoms in total. The molecule has 2 fully saturated rings. The monoisotopic (exact) mass is 154 g/mol. The Morgan fingerprint density at radius 2 is 2.36 bits per heavy atom. The van der Waals surface area contributed by atoms with Gasteiger partial charge in [-0.15, -0.1) is 0 Å². The minimum absolute atomic E-state index is 0.846. The van der Waals surface area contributed by atoms with E-state index in [9.17, 15) is 0 Å².